The first kappa shape index (κ1) is 27.1. The molecule has 2 aromatic rings. The number of ketones is 1. The summed E-state index contributed by atoms with van der Waals surface area (Å²) in [6.45, 7) is 8.56. The maximum Gasteiger partial charge on any atom is 0.166 e. The van der Waals surface area contributed by atoms with E-state index in [2.05, 4.69) is 39.5 Å². The van der Waals surface area contributed by atoms with E-state index < -0.39 is 0 Å². The number of allylic oxidation sites excluding steroid dienone is 3. The number of carbonyl (C=O) groups is 1. The topological polar surface area (TPSA) is 74.0 Å². The van der Waals surface area contributed by atoms with Crippen molar-refractivity contribution < 1.29 is 4.79 Å². The van der Waals surface area contributed by atoms with Crippen molar-refractivity contribution in [2.24, 2.45) is 16.8 Å². The highest BCUT2D eigenvalue weighted by atomic mass is 16.1. The van der Waals surface area contributed by atoms with Gasteiger partial charge in [-0.2, -0.15) is 0 Å². The summed E-state index contributed by atoms with van der Waals surface area (Å²) in [7, 11) is 1.93. The van der Waals surface area contributed by atoms with Crippen LogP contribution in [0.25, 0.3) is 6.08 Å². The Morgan fingerprint density at radius 2 is 1.89 bits per heavy atom. The predicted molar refractivity (Wildman–Crippen MR) is 152 cm³/mol. The lowest BCUT2D eigenvalue weighted by molar-refractivity contribution is 0.0835. The summed E-state index contributed by atoms with van der Waals surface area (Å²) in [5.74, 6) is 7.09. The van der Waals surface area contributed by atoms with Crippen molar-refractivity contribution in [1.29, 1.82) is 0 Å². The summed E-state index contributed by atoms with van der Waals surface area (Å²) in [5, 5.41) is 4.76. The van der Waals surface area contributed by atoms with E-state index in [9.17, 15) is 4.79 Å². The van der Waals surface area contributed by atoms with Crippen LogP contribution in [0, 0.1) is 12.8 Å². The van der Waals surface area contributed by atoms with Crippen LogP contribution in [0.3, 0.4) is 0 Å². The molecule has 190 valence electrons. The van der Waals surface area contributed by atoms with Gasteiger partial charge in [0.05, 0.1) is 0 Å². The van der Waals surface area contributed by atoms with Gasteiger partial charge in [0.1, 0.15) is 5.82 Å². The van der Waals surface area contributed by atoms with Gasteiger partial charge in [-0.3, -0.25) is 14.7 Å². The van der Waals surface area contributed by atoms with Gasteiger partial charge in [0.2, 0.25) is 0 Å². The van der Waals surface area contributed by atoms with E-state index in [0.717, 1.165) is 49.3 Å². The van der Waals surface area contributed by atoms with E-state index in [1.807, 2.05) is 70.3 Å². The van der Waals surface area contributed by atoms with E-state index in [1.54, 1.807) is 12.4 Å². The first-order valence-electron chi connectivity index (χ1n) is 12.6. The normalized spacial score (nSPS) is 15.9. The standard InChI is InChI=1S/C30H39N5O/c1-5-18-35(31)29(33-6-2)9-7-8-27-21-24(12-15-28(27)32-4)22-34-19-16-26(17-20-34)30(36)25-13-10-23(3)11-14-25/h5-15,18,21,26,32H,16-17,19-20,22,31H2,1-4H3/b8-7+,18-5-,29-9+,33-6+. The summed E-state index contributed by atoms with van der Waals surface area (Å²) in [6, 6.07) is 14.5. The summed E-state index contributed by atoms with van der Waals surface area (Å²) >= 11 is 0. The van der Waals surface area contributed by atoms with Gasteiger partial charge in [-0.15, -0.1) is 0 Å². The van der Waals surface area contributed by atoms with Crippen LogP contribution in [0.5, 0.6) is 0 Å². The SMILES string of the molecule is C/C=C\N(N)C(=C/C=C/c1cc(CN2CCC(C(=O)c3ccc(C)cc3)CC2)ccc1NC)/N=C/C. The van der Waals surface area contributed by atoms with Gasteiger partial charge in [0.25, 0.3) is 0 Å². The second kappa shape index (κ2) is 13.6. The van der Waals surface area contributed by atoms with Gasteiger partial charge in [-0.25, -0.2) is 10.8 Å². The molecule has 0 atom stereocenters. The quantitative estimate of drug-likeness (QED) is 0.147. The fraction of sp³-hybridized carbons (Fsp3) is 0.333. The lowest BCUT2D eigenvalue weighted by Gasteiger charge is -2.31. The van der Waals surface area contributed by atoms with E-state index in [4.69, 9.17) is 5.84 Å². The zero-order valence-electron chi connectivity index (χ0n) is 21.9. The molecule has 0 unspecified atom stereocenters. The number of anilines is 1. The molecular formula is C30H39N5O. The minimum atomic E-state index is 0.116. The Kier molecular flexibility index (Phi) is 10.2. The largest absolute Gasteiger partial charge is 0.388 e. The van der Waals surface area contributed by atoms with Crippen LogP contribution in [-0.4, -0.2) is 42.0 Å². The number of carbonyl (C=O) groups excluding carboxylic acids is 1. The zero-order valence-corrected chi connectivity index (χ0v) is 21.9. The third-order valence-corrected chi connectivity index (χ3v) is 6.44. The molecule has 0 spiro atoms. The molecule has 0 aliphatic carbocycles. The summed E-state index contributed by atoms with van der Waals surface area (Å²) in [4.78, 5) is 19.7. The third kappa shape index (κ3) is 7.51. The highest BCUT2D eigenvalue weighted by Gasteiger charge is 2.25. The molecule has 0 bridgehead atoms. The number of Topliss-reactive ketones (excluding diaryl/α,β-unsaturated/α-hetero) is 1. The van der Waals surface area contributed by atoms with Crippen molar-refractivity contribution >= 4 is 23.8 Å². The number of piperidine rings is 1. The molecule has 6 heteroatoms. The lowest BCUT2D eigenvalue weighted by atomic mass is 9.88. The predicted octanol–water partition coefficient (Wildman–Crippen LogP) is 5.79. The van der Waals surface area contributed by atoms with Crippen LogP contribution < -0.4 is 11.2 Å². The molecule has 36 heavy (non-hydrogen) atoms. The molecule has 1 saturated heterocycles. The van der Waals surface area contributed by atoms with Crippen LogP contribution in [0.1, 0.15) is 53.7 Å². The van der Waals surface area contributed by atoms with Gasteiger partial charge < -0.3 is 5.32 Å². The maximum absolute atomic E-state index is 12.9. The number of hydrogen-bond donors (Lipinski definition) is 2. The number of rotatable bonds is 10. The van der Waals surface area contributed by atoms with Gasteiger partial charge >= 0.3 is 0 Å². The van der Waals surface area contributed by atoms with E-state index in [1.165, 1.54) is 16.1 Å². The number of nitrogens with zero attached hydrogens (tertiary/aromatic N) is 3. The molecule has 1 aliphatic heterocycles. The molecular weight excluding hydrogens is 446 g/mol. The summed E-state index contributed by atoms with van der Waals surface area (Å²) in [6.07, 6.45) is 13.1. The van der Waals surface area contributed by atoms with Crippen molar-refractivity contribution in [3.05, 3.63) is 95.0 Å². The molecule has 6 nitrogen and oxygen atoms in total. The van der Waals surface area contributed by atoms with Crippen LogP contribution >= 0.6 is 0 Å². The van der Waals surface area contributed by atoms with Crippen molar-refractivity contribution in [1.82, 2.24) is 9.91 Å². The number of nitrogens with one attached hydrogen (secondary N) is 1. The Hall–Kier alpha value is -3.48. The number of aliphatic imine (C=N–C) groups is 1. The average Bonchev–Trinajstić information content (AvgIpc) is 2.89. The molecule has 3 N–H and O–H groups in total. The first-order chi connectivity index (χ1) is 17.4. The second-order valence-corrected chi connectivity index (χ2v) is 9.11. The van der Waals surface area contributed by atoms with Crippen molar-refractivity contribution in [3.8, 4) is 0 Å². The fourth-order valence-electron chi connectivity index (χ4n) is 4.44. The molecule has 0 aromatic heterocycles. The molecule has 0 saturated carbocycles. The summed E-state index contributed by atoms with van der Waals surface area (Å²) in [5.41, 5.74) is 5.43. The Labute approximate surface area is 215 Å². The van der Waals surface area contributed by atoms with Crippen LogP contribution in [-0.2, 0) is 6.54 Å². The van der Waals surface area contributed by atoms with Gasteiger partial charge in [0, 0.05) is 43.2 Å². The Bertz CT molecular complexity index is 1120. The molecule has 0 radical (unpaired) electrons. The Balaban J connectivity index is 1.64. The average molecular weight is 486 g/mol. The van der Waals surface area contributed by atoms with Gasteiger partial charge in [-0.1, -0.05) is 54.1 Å². The minimum absolute atomic E-state index is 0.116. The highest BCUT2D eigenvalue weighted by molar-refractivity contribution is 5.97. The molecule has 3 rings (SSSR count). The minimum Gasteiger partial charge on any atom is -0.388 e. The lowest BCUT2D eigenvalue weighted by Crippen LogP contribution is -2.36. The Morgan fingerprint density at radius 3 is 2.53 bits per heavy atom. The molecule has 2 aromatic carbocycles. The number of hydrogen-bond acceptors (Lipinski definition) is 6. The first-order valence-corrected chi connectivity index (χ1v) is 12.6. The van der Waals surface area contributed by atoms with Crippen LogP contribution in [0.2, 0.25) is 0 Å². The molecule has 0 amide bonds. The maximum atomic E-state index is 12.9. The zero-order chi connectivity index (χ0) is 25.9. The molecule has 1 fully saturated rings. The van der Waals surface area contributed by atoms with Crippen molar-refractivity contribution in [2.75, 3.05) is 25.5 Å². The molecule has 1 aliphatic rings. The Morgan fingerprint density at radius 1 is 1.17 bits per heavy atom. The number of hydrazine groups is 1. The van der Waals surface area contributed by atoms with Crippen molar-refractivity contribution in [3.63, 3.8) is 0 Å². The van der Waals surface area contributed by atoms with E-state index in [-0.39, 0.29) is 11.7 Å². The summed E-state index contributed by atoms with van der Waals surface area (Å²) < 4.78 is 0. The van der Waals surface area contributed by atoms with E-state index in [0.29, 0.717) is 5.82 Å². The smallest absolute Gasteiger partial charge is 0.166 e. The molecule has 1 heterocycles. The van der Waals surface area contributed by atoms with Crippen molar-refractivity contribution in [2.45, 2.75) is 40.2 Å². The third-order valence-electron chi connectivity index (χ3n) is 6.44. The van der Waals surface area contributed by atoms with Gasteiger partial charge in [0.15, 0.2) is 5.78 Å². The second-order valence-electron chi connectivity index (χ2n) is 9.11. The fourth-order valence-corrected chi connectivity index (χ4v) is 4.44. The number of benzene rings is 2. The van der Waals surface area contributed by atoms with Crippen LogP contribution in [0.15, 0.2) is 77.7 Å². The van der Waals surface area contributed by atoms with E-state index >= 15 is 0 Å². The van der Waals surface area contributed by atoms with Crippen LogP contribution in [0.4, 0.5) is 5.69 Å². The monoisotopic (exact) mass is 485 g/mol. The highest BCUT2D eigenvalue weighted by Crippen LogP contribution is 2.25. The number of likely N-dealkylation sites (tertiary alicyclic amines) is 1. The number of aryl methyl sites for hydroxylation is 1. The number of nitrogens with two attached hydrogens (primary N) is 1. The van der Waals surface area contributed by atoms with Gasteiger partial charge in [-0.05, 0) is 76.0 Å².